The second-order valence-electron chi connectivity index (χ2n) is 3.13. The predicted octanol–water partition coefficient (Wildman–Crippen LogP) is -0.959. The molecule has 0 bridgehead atoms. The van der Waals surface area contributed by atoms with Gasteiger partial charge in [-0.15, -0.1) is 0 Å². The molecular formula is C12H18CaO5. The van der Waals surface area contributed by atoms with E-state index >= 15 is 0 Å². The van der Waals surface area contributed by atoms with Crippen LogP contribution in [0.25, 0.3) is 0 Å². The van der Waals surface area contributed by atoms with Crippen molar-refractivity contribution in [1.82, 2.24) is 0 Å². The first kappa shape index (κ1) is 22.8. The Balaban J connectivity index is -0.000000321. The number of carboxylic acid groups (broad SMARTS) is 2. The molecule has 0 saturated heterocycles. The number of rotatable bonds is 8. The second kappa shape index (κ2) is 16.6. The summed E-state index contributed by atoms with van der Waals surface area (Å²) in [4.78, 5) is 19.3. The Bertz CT molecular complexity index is 263. The van der Waals surface area contributed by atoms with Gasteiger partial charge in [0.15, 0.2) is 0 Å². The quantitative estimate of drug-likeness (QED) is 0.325. The third-order valence-electron chi connectivity index (χ3n) is 1.65. The van der Waals surface area contributed by atoms with Gasteiger partial charge >= 0.3 is 37.7 Å². The number of carboxylic acids is 2. The largest absolute Gasteiger partial charge is 2.00 e. The number of hydrogen-bond donors (Lipinski definition) is 0. The van der Waals surface area contributed by atoms with Gasteiger partial charge in [-0.3, -0.25) is 0 Å². The van der Waals surface area contributed by atoms with Crippen molar-refractivity contribution in [2.75, 3.05) is 13.2 Å². The summed E-state index contributed by atoms with van der Waals surface area (Å²) in [6.45, 7) is 9.42. The number of unbranched alkanes of at least 4 members (excludes halogenated alkanes) is 1. The molecule has 0 aliphatic rings. The van der Waals surface area contributed by atoms with E-state index in [0.29, 0.717) is 19.6 Å². The molecule has 0 N–H and O–H groups in total. The minimum Gasteiger partial charge on any atom is -0.545 e. The average molecular weight is 282 g/mol. The van der Waals surface area contributed by atoms with Crippen molar-refractivity contribution in [2.45, 2.75) is 26.2 Å². The van der Waals surface area contributed by atoms with Crippen LogP contribution in [0.4, 0.5) is 0 Å². The maximum atomic E-state index is 10.2. The first-order valence-electron chi connectivity index (χ1n) is 5.25. The minimum atomic E-state index is -1.23. The molecule has 98 valence electrons. The van der Waals surface area contributed by atoms with Crippen molar-refractivity contribution in [3.8, 4) is 0 Å². The molecule has 0 aliphatic heterocycles. The van der Waals surface area contributed by atoms with Crippen LogP contribution in [0.15, 0.2) is 24.8 Å². The fourth-order valence-corrected chi connectivity index (χ4v) is 0.646. The Morgan fingerprint density at radius 3 is 2.11 bits per heavy atom. The number of ether oxygens (including phenoxy) is 1. The molecule has 5 nitrogen and oxygen atoms in total. The molecule has 0 rings (SSSR count). The summed E-state index contributed by atoms with van der Waals surface area (Å²) in [6.07, 6.45) is 3.17. The zero-order valence-corrected chi connectivity index (χ0v) is 13.0. The molecule has 0 heterocycles. The zero-order valence-electron chi connectivity index (χ0n) is 10.8. The fraction of sp³-hybridized carbons (Fsp3) is 0.500. The van der Waals surface area contributed by atoms with Crippen LogP contribution < -0.4 is 10.2 Å². The van der Waals surface area contributed by atoms with Crippen LogP contribution in [0.3, 0.4) is 0 Å². The van der Waals surface area contributed by atoms with Gasteiger partial charge in [0, 0.05) is 6.61 Å². The Morgan fingerprint density at radius 2 is 1.78 bits per heavy atom. The Hall–Kier alpha value is -0.360. The first-order chi connectivity index (χ1) is 7.95. The maximum absolute atomic E-state index is 10.2. The van der Waals surface area contributed by atoms with Gasteiger partial charge in [-0.05, 0) is 24.5 Å². The van der Waals surface area contributed by atoms with Gasteiger partial charge in [-0.25, -0.2) is 0 Å². The van der Waals surface area contributed by atoms with Crippen molar-refractivity contribution < 1.29 is 24.5 Å². The van der Waals surface area contributed by atoms with Crippen molar-refractivity contribution >= 4 is 49.7 Å². The zero-order chi connectivity index (χ0) is 13.7. The van der Waals surface area contributed by atoms with Crippen molar-refractivity contribution in [1.29, 1.82) is 0 Å². The molecule has 0 unspecified atom stereocenters. The Labute approximate surface area is 138 Å². The van der Waals surface area contributed by atoms with Crippen LogP contribution in [-0.2, 0) is 14.3 Å². The van der Waals surface area contributed by atoms with Gasteiger partial charge in [-0.2, -0.15) is 0 Å². The van der Waals surface area contributed by atoms with Crippen LogP contribution in [0.5, 0.6) is 0 Å². The molecule has 0 atom stereocenters. The Kier molecular flexibility index (Phi) is 21.1. The summed E-state index contributed by atoms with van der Waals surface area (Å²) < 4.78 is 5.14. The van der Waals surface area contributed by atoms with Crippen LogP contribution in [0.1, 0.15) is 26.2 Å². The van der Waals surface area contributed by atoms with Gasteiger partial charge in [0.1, 0.15) is 0 Å². The topological polar surface area (TPSA) is 89.5 Å². The van der Waals surface area contributed by atoms with Gasteiger partial charge in [0.2, 0.25) is 0 Å². The molecule has 0 aromatic carbocycles. The summed E-state index contributed by atoms with van der Waals surface area (Å²) in [5.41, 5.74) is 0.103. The first-order valence-corrected chi connectivity index (χ1v) is 5.25. The normalized spacial score (nSPS) is 8.28. The van der Waals surface area contributed by atoms with Gasteiger partial charge in [0.05, 0.1) is 18.5 Å². The fourth-order valence-electron chi connectivity index (χ4n) is 0.646. The summed E-state index contributed by atoms with van der Waals surface area (Å²) in [5.74, 6) is -2.42. The van der Waals surface area contributed by atoms with Gasteiger partial charge < -0.3 is 24.5 Å². The summed E-state index contributed by atoms with van der Waals surface area (Å²) >= 11 is 0. The molecule has 0 radical (unpaired) electrons. The molecule has 0 aliphatic carbocycles. The Morgan fingerprint density at radius 1 is 1.28 bits per heavy atom. The molecule has 0 amide bonds. The molecule has 0 aromatic rings. The molecule has 0 spiro atoms. The van der Waals surface area contributed by atoms with Crippen LogP contribution in [0, 0.1) is 0 Å². The molecule has 18 heavy (non-hydrogen) atoms. The third-order valence-corrected chi connectivity index (χ3v) is 1.65. The monoisotopic (exact) mass is 282 g/mol. The number of carbonyl (C=O) groups is 2. The van der Waals surface area contributed by atoms with E-state index in [1.807, 2.05) is 0 Å². The van der Waals surface area contributed by atoms with Gasteiger partial charge in [-0.1, -0.05) is 26.5 Å². The van der Waals surface area contributed by atoms with Crippen LogP contribution >= 0.6 is 0 Å². The van der Waals surface area contributed by atoms with E-state index in [4.69, 9.17) is 14.6 Å². The van der Waals surface area contributed by atoms with Crippen molar-refractivity contribution in [3.05, 3.63) is 24.8 Å². The average Bonchev–Trinajstić information content (AvgIpc) is 2.29. The summed E-state index contributed by atoms with van der Waals surface area (Å²) in [7, 11) is 0. The van der Waals surface area contributed by atoms with Crippen LogP contribution in [0.2, 0.25) is 0 Å². The van der Waals surface area contributed by atoms with E-state index in [1.165, 1.54) is 0 Å². The summed E-state index contributed by atoms with van der Waals surface area (Å²) in [5, 5.41) is 19.3. The van der Waals surface area contributed by atoms with Crippen molar-refractivity contribution in [3.63, 3.8) is 0 Å². The molecule has 0 saturated carbocycles. The predicted molar refractivity (Wildman–Crippen MR) is 65.4 cm³/mol. The molecule has 6 heteroatoms. The van der Waals surface area contributed by atoms with E-state index in [9.17, 15) is 9.90 Å². The van der Waals surface area contributed by atoms with Gasteiger partial charge in [0.25, 0.3) is 0 Å². The molecular weight excluding hydrogens is 264 g/mol. The van der Waals surface area contributed by atoms with Crippen LogP contribution in [-0.4, -0.2) is 62.9 Å². The van der Waals surface area contributed by atoms with E-state index in [2.05, 4.69) is 20.1 Å². The van der Waals surface area contributed by atoms with E-state index in [1.54, 1.807) is 0 Å². The molecule has 0 fully saturated rings. The van der Waals surface area contributed by atoms with E-state index < -0.39 is 11.9 Å². The van der Waals surface area contributed by atoms with E-state index in [-0.39, 0.29) is 43.3 Å². The maximum Gasteiger partial charge on any atom is 2.00 e. The number of aliphatic carboxylic acids is 2. The second-order valence-corrected chi connectivity index (χ2v) is 3.13. The minimum absolute atomic E-state index is 0. The summed E-state index contributed by atoms with van der Waals surface area (Å²) in [6, 6.07) is 0. The number of hydrogen-bond acceptors (Lipinski definition) is 5. The smallest absolute Gasteiger partial charge is 0.545 e. The van der Waals surface area contributed by atoms with Crippen molar-refractivity contribution in [2.24, 2.45) is 0 Å². The molecule has 0 aromatic heterocycles. The number of carbonyl (C=O) groups excluding carboxylic acids is 2. The SMILES string of the molecule is C=C(CCOCCCC)C(=O)[O-].C=CC(=O)[O-].[Ca+2]. The van der Waals surface area contributed by atoms with E-state index in [0.717, 1.165) is 18.9 Å². The third kappa shape index (κ3) is 21.0. The standard InChI is InChI=1S/C9H16O3.C3H4O2.Ca/c1-3-4-6-12-7-5-8(2)9(10)11;1-2-3(4)5;/h2-7H2,1H3,(H,10,11);2H,1H2,(H,4,5);/q;;+2/p-2.